The van der Waals surface area contributed by atoms with Gasteiger partial charge in [0, 0.05) is 42.5 Å². The molecule has 1 N–H and O–H groups in total. The molecule has 7 nitrogen and oxygen atoms in total. The predicted octanol–water partition coefficient (Wildman–Crippen LogP) is 1.10. The lowest BCUT2D eigenvalue weighted by Crippen LogP contribution is -2.36. The zero-order chi connectivity index (χ0) is 19.0. The zero-order valence-corrected chi connectivity index (χ0v) is 15.5. The van der Waals surface area contributed by atoms with Crippen LogP contribution in [0.5, 0.6) is 0 Å². The minimum Gasteiger partial charge on any atom is -0.311 e. The number of likely N-dealkylation sites (tertiary alicyclic amines) is 1. The van der Waals surface area contributed by atoms with Gasteiger partial charge >= 0.3 is 0 Å². The van der Waals surface area contributed by atoms with Gasteiger partial charge in [0.1, 0.15) is 13.7 Å². The Kier molecular flexibility index (Phi) is 4.65. The summed E-state index contributed by atoms with van der Waals surface area (Å²) < 4.78 is 1.73. The number of fused-ring (bicyclic) bond motifs is 1. The van der Waals surface area contributed by atoms with Gasteiger partial charge in [-0.2, -0.15) is 5.10 Å². The van der Waals surface area contributed by atoms with Crippen molar-refractivity contribution in [1.82, 2.24) is 24.6 Å². The Bertz CT molecular complexity index is 993. The number of carbonyl (C=O) groups is 1. The van der Waals surface area contributed by atoms with E-state index in [2.05, 4.69) is 32.3 Å². The Morgan fingerprint density at radius 3 is 2.63 bits per heavy atom. The molecule has 0 unspecified atom stereocenters. The first-order valence-corrected chi connectivity index (χ1v) is 9.04. The van der Waals surface area contributed by atoms with Crippen LogP contribution in [0.15, 0.2) is 30.9 Å². The van der Waals surface area contributed by atoms with Crippen LogP contribution in [0.3, 0.4) is 0 Å². The summed E-state index contributed by atoms with van der Waals surface area (Å²) in [6.07, 6.45) is 8.79. The van der Waals surface area contributed by atoms with E-state index in [9.17, 15) is 4.79 Å². The van der Waals surface area contributed by atoms with Crippen LogP contribution in [0.25, 0.3) is 22.0 Å². The Morgan fingerprint density at radius 2 is 1.93 bits per heavy atom. The highest BCUT2D eigenvalue weighted by Gasteiger charge is 2.24. The number of hydrogen-bond acceptors (Lipinski definition) is 5. The fourth-order valence-corrected chi connectivity index (χ4v) is 3.43. The number of aryl methyl sites for hydroxylation is 1. The molecular weight excluding hydrogens is 339 g/mol. The molecule has 136 valence electrons. The summed E-state index contributed by atoms with van der Waals surface area (Å²) in [5.41, 5.74) is 2.15. The molecule has 1 aliphatic rings. The normalized spacial score (nSPS) is 15.9. The fraction of sp³-hybridized carbons (Fsp3) is 0.368. The van der Waals surface area contributed by atoms with E-state index in [0.717, 1.165) is 48.0 Å². The summed E-state index contributed by atoms with van der Waals surface area (Å²) in [5.74, 6) is 0.402. The summed E-state index contributed by atoms with van der Waals surface area (Å²) in [4.78, 5) is 23.6. The maximum absolute atomic E-state index is 12.6. The number of nitrogens with zero attached hydrogens (tertiary/aromatic N) is 5. The SMILES string of the molecule is [B]c1c(NC(=O)C2CCN(C)CC2)ncc2cnc(-c3cnn(C)c3)cc12. The van der Waals surface area contributed by atoms with E-state index in [0.29, 0.717) is 11.3 Å². The molecule has 4 heterocycles. The molecule has 3 aromatic heterocycles. The van der Waals surface area contributed by atoms with E-state index in [1.165, 1.54) is 0 Å². The Hall–Kier alpha value is -2.74. The first-order valence-electron chi connectivity index (χ1n) is 9.04. The number of nitrogens with one attached hydrogen (secondary N) is 1. The molecule has 8 heteroatoms. The first kappa shape index (κ1) is 17.7. The molecule has 4 rings (SSSR count). The highest BCUT2D eigenvalue weighted by Crippen LogP contribution is 2.22. The van der Waals surface area contributed by atoms with Gasteiger partial charge in [-0.1, -0.05) is 0 Å². The molecule has 0 aromatic carbocycles. The lowest BCUT2D eigenvalue weighted by molar-refractivity contribution is -0.121. The highest BCUT2D eigenvalue weighted by atomic mass is 16.1. The molecule has 1 amide bonds. The van der Waals surface area contributed by atoms with Gasteiger partial charge in [-0.25, -0.2) is 4.98 Å². The third-order valence-electron chi connectivity index (χ3n) is 5.14. The van der Waals surface area contributed by atoms with Gasteiger partial charge in [-0.05, 0) is 49.9 Å². The minimum absolute atomic E-state index is 0.00138. The van der Waals surface area contributed by atoms with E-state index in [1.54, 1.807) is 23.3 Å². The van der Waals surface area contributed by atoms with Crippen LogP contribution in [0.2, 0.25) is 0 Å². The van der Waals surface area contributed by atoms with Crippen LogP contribution < -0.4 is 10.8 Å². The predicted molar refractivity (Wildman–Crippen MR) is 106 cm³/mol. The number of piperidine rings is 1. The van der Waals surface area contributed by atoms with E-state index in [1.807, 2.05) is 19.3 Å². The quantitative estimate of drug-likeness (QED) is 0.708. The number of rotatable bonds is 3. The van der Waals surface area contributed by atoms with Gasteiger partial charge in [0.05, 0.1) is 11.9 Å². The van der Waals surface area contributed by atoms with Gasteiger partial charge in [-0.15, -0.1) is 0 Å². The number of aromatic nitrogens is 4. The average Bonchev–Trinajstić information content (AvgIpc) is 3.11. The maximum atomic E-state index is 12.6. The Morgan fingerprint density at radius 1 is 1.19 bits per heavy atom. The summed E-state index contributed by atoms with van der Waals surface area (Å²) >= 11 is 0. The van der Waals surface area contributed by atoms with Crippen molar-refractivity contribution < 1.29 is 4.79 Å². The van der Waals surface area contributed by atoms with Gasteiger partial charge < -0.3 is 10.2 Å². The standard InChI is InChI=1S/C19H21BN6O/c1-25-5-3-12(4-6-25)19(27)24-18-17(20)15-7-16(14-10-23-26(2)11-14)21-8-13(15)9-22-18/h7-12H,3-6H2,1-2H3,(H,22,24,27). The minimum atomic E-state index is -0.0109. The van der Waals surface area contributed by atoms with Gasteiger partial charge in [-0.3, -0.25) is 14.5 Å². The second kappa shape index (κ2) is 7.11. The maximum Gasteiger partial charge on any atom is 0.228 e. The molecule has 1 fully saturated rings. The molecule has 2 radical (unpaired) electrons. The molecule has 0 aliphatic carbocycles. The molecule has 1 saturated heterocycles. The third-order valence-corrected chi connectivity index (χ3v) is 5.14. The van der Waals surface area contributed by atoms with Gasteiger partial charge in [0.15, 0.2) is 0 Å². The molecule has 3 aromatic rings. The number of pyridine rings is 2. The fourth-order valence-electron chi connectivity index (χ4n) is 3.43. The summed E-state index contributed by atoms with van der Waals surface area (Å²) in [6, 6.07) is 1.91. The topological polar surface area (TPSA) is 75.9 Å². The molecule has 0 saturated carbocycles. The van der Waals surface area contributed by atoms with E-state index in [4.69, 9.17) is 7.85 Å². The smallest absolute Gasteiger partial charge is 0.228 e. The summed E-state index contributed by atoms with van der Waals surface area (Å²) in [6.45, 7) is 1.86. The third kappa shape index (κ3) is 3.57. The lowest BCUT2D eigenvalue weighted by Gasteiger charge is -2.28. The van der Waals surface area contributed by atoms with E-state index >= 15 is 0 Å². The molecular formula is C19H21BN6O. The number of hydrogen-bond donors (Lipinski definition) is 1. The number of amides is 1. The molecule has 0 bridgehead atoms. The van der Waals surface area contributed by atoms with Crippen molar-refractivity contribution in [2.75, 3.05) is 25.5 Å². The number of anilines is 1. The van der Waals surface area contributed by atoms with E-state index < -0.39 is 0 Å². The molecule has 0 spiro atoms. The van der Waals surface area contributed by atoms with Crippen molar-refractivity contribution in [3.05, 3.63) is 30.9 Å². The van der Waals surface area contributed by atoms with Crippen molar-refractivity contribution in [1.29, 1.82) is 0 Å². The summed E-state index contributed by atoms with van der Waals surface area (Å²) in [7, 11) is 10.3. The Balaban J connectivity index is 1.61. The van der Waals surface area contributed by atoms with Crippen LogP contribution in [0.4, 0.5) is 5.82 Å². The molecule has 0 atom stereocenters. The number of carbonyl (C=O) groups excluding carboxylic acids is 1. The van der Waals surface area contributed by atoms with Crippen molar-refractivity contribution in [3.8, 4) is 11.3 Å². The second-order valence-corrected chi connectivity index (χ2v) is 7.15. The monoisotopic (exact) mass is 360 g/mol. The van der Waals surface area contributed by atoms with Crippen molar-refractivity contribution >= 4 is 35.8 Å². The Labute approximate surface area is 159 Å². The van der Waals surface area contributed by atoms with Crippen LogP contribution in [0, 0.1) is 5.92 Å². The lowest BCUT2D eigenvalue weighted by atomic mass is 9.90. The average molecular weight is 360 g/mol. The second-order valence-electron chi connectivity index (χ2n) is 7.15. The van der Waals surface area contributed by atoms with Crippen LogP contribution in [-0.2, 0) is 11.8 Å². The van der Waals surface area contributed by atoms with Crippen LogP contribution in [0.1, 0.15) is 12.8 Å². The van der Waals surface area contributed by atoms with Crippen molar-refractivity contribution in [2.45, 2.75) is 12.8 Å². The van der Waals surface area contributed by atoms with E-state index in [-0.39, 0.29) is 11.8 Å². The van der Waals surface area contributed by atoms with Crippen LogP contribution >= 0.6 is 0 Å². The van der Waals surface area contributed by atoms with Gasteiger partial charge in [0.2, 0.25) is 5.91 Å². The molecule has 1 aliphatic heterocycles. The molecule has 27 heavy (non-hydrogen) atoms. The van der Waals surface area contributed by atoms with Crippen molar-refractivity contribution in [2.24, 2.45) is 13.0 Å². The van der Waals surface area contributed by atoms with Gasteiger partial charge in [0.25, 0.3) is 0 Å². The largest absolute Gasteiger partial charge is 0.311 e. The van der Waals surface area contributed by atoms with Crippen LogP contribution in [-0.4, -0.2) is 58.5 Å². The highest BCUT2D eigenvalue weighted by molar-refractivity contribution is 6.42. The summed E-state index contributed by atoms with van der Waals surface area (Å²) in [5, 5.41) is 8.75. The van der Waals surface area contributed by atoms with Crippen molar-refractivity contribution in [3.63, 3.8) is 0 Å². The zero-order valence-electron chi connectivity index (χ0n) is 15.5. The first-order chi connectivity index (χ1) is 13.0.